The Hall–Kier alpha value is -3.95. The summed E-state index contributed by atoms with van der Waals surface area (Å²) in [5, 5.41) is 14.9. The second-order valence-corrected chi connectivity index (χ2v) is 7.86. The van der Waals surface area contributed by atoms with E-state index in [-0.39, 0.29) is 38.1 Å². The topological polar surface area (TPSA) is 128 Å². The van der Waals surface area contributed by atoms with Gasteiger partial charge in [-0.2, -0.15) is 0 Å². The maximum Gasteiger partial charge on any atom is 0.243 e. The van der Waals surface area contributed by atoms with Crippen LogP contribution in [0.5, 0.6) is 0 Å². The Balaban J connectivity index is 2.14. The number of hydrogen-bond acceptors (Lipinski definition) is 5. The number of amides is 3. The van der Waals surface area contributed by atoms with Crippen molar-refractivity contribution < 1.29 is 28.0 Å². The number of Topliss-reactive ketones (excluding diaryl/α,β-unsaturated/α-hetero) is 1. The minimum atomic E-state index is -1.12. The third kappa shape index (κ3) is 9.44. The summed E-state index contributed by atoms with van der Waals surface area (Å²) in [5.41, 5.74) is 1.23. The molecule has 2 atom stereocenters. The summed E-state index contributed by atoms with van der Waals surface area (Å²) in [5.74, 6) is -3.00. The van der Waals surface area contributed by atoms with Crippen LogP contribution in [-0.2, 0) is 32.1 Å². The van der Waals surface area contributed by atoms with Gasteiger partial charge in [-0.25, -0.2) is 8.78 Å². The molecule has 0 radical (unpaired) electrons. The fraction of sp³-hybridized carbons (Fsp3) is 0.320. The minimum absolute atomic E-state index is 0.0567. The summed E-state index contributed by atoms with van der Waals surface area (Å²) in [4.78, 5) is 49.5. The average Bonchev–Trinajstić information content (AvgIpc) is 2.86. The first kappa shape index (κ1) is 27.3. The van der Waals surface area contributed by atoms with E-state index in [1.807, 2.05) is 0 Å². The highest BCUT2D eigenvalue weighted by Gasteiger charge is 2.27. The van der Waals surface area contributed by atoms with Crippen LogP contribution in [-0.4, -0.2) is 41.8 Å². The monoisotopic (exact) mass is 486 g/mol. The van der Waals surface area contributed by atoms with E-state index in [0.717, 1.165) is 0 Å². The molecule has 0 aliphatic carbocycles. The molecule has 0 bridgehead atoms. The highest BCUT2D eigenvalue weighted by atomic mass is 19.1. The highest BCUT2D eigenvalue weighted by molar-refractivity contribution is 6.26. The third-order valence-corrected chi connectivity index (χ3v) is 5.18. The van der Waals surface area contributed by atoms with Crippen molar-refractivity contribution in [2.75, 3.05) is 0 Å². The predicted octanol–water partition coefficient (Wildman–Crippen LogP) is 2.20. The van der Waals surface area contributed by atoms with Crippen molar-refractivity contribution in [2.24, 2.45) is 0 Å². The van der Waals surface area contributed by atoms with Crippen LogP contribution in [0.1, 0.15) is 37.3 Å². The molecule has 0 unspecified atom stereocenters. The van der Waals surface area contributed by atoms with Crippen LogP contribution in [0.25, 0.3) is 0 Å². The zero-order valence-corrected chi connectivity index (χ0v) is 19.3. The van der Waals surface area contributed by atoms with Crippen LogP contribution in [0, 0.1) is 17.0 Å². The van der Waals surface area contributed by atoms with E-state index in [0.29, 0.717) is 17.3 Å². The molecular formula is C25H28F2N4O4. The van der Waals surface area contributed by atoms with E-state index >= 15 is 0 Å². The number of benzene rings is 2. The minimum Gasteiger partial charge on any atom is -0.350 e. The van der Waals surface area contributed by atoms with Gasteiger partial charge < -0.3 is 21.4 Å². The van der Waals surface area contributed by atoms with Gasteiger partial charge >= 0.3 is 0 Å². The lowest BCUT2D eigenvalue weighted by atomic mass is 10.0. The van der Waals surface area contributed by atoms with Gasteiger partial charge in [0, 0.05) is 25.8 Å². The van der Waals surface area contributed by atoms with Crippen LogP contribution in [0.4, 0.5) is 8.78 Å². The maximum absolute atomic E-state index is 13.2. The molecule has 0 aliphatic heterocycles. The van der Waals surface area contributed by atoms with Gasteiger partial charge in [-0.05, 0) is 41.8 Å². The van der Waals surface area contributed by atoms with E-state index in [1.165, 1.54) is 48.5 Å². The van der Waals surface area contributed by atoms with Crippen LogP contribution < -0.4 is 16.0 Å². The Morgan fingerprint density at radius 1 is 0.857 bits per heavy atom. The summed E-state index contributed by atoms with van der Waals surface area (Å²) in [7, 11) is 0. The average molecular weight is 487 g/mol. The molecule has 0 saturated heterocycles. The number of hydrogen-bond donors (Lipinski definition) is 4. The summed E-state index contributed by atoms with van der Waals surface area (Å²) < 4.78 is 26.3. The number of carbonyl (C=O) groups is 4. The number of ketones is 1. The molecule has 10 heteroatoms. The summed E-state index contributed by atoms with van der Waals surface area (Å²) in [6.07, 6.45) is 0.598. The lowest BCUT2D eigenvalue weighted by Crippen LogP contribution is -2.54. The maximum atomic E-state index is 13.2. The van der Waals surface area contributed by atoms with Crippen LogP contribution in [0.15, 0.2) is 48.5 Å². The quantitative estimate of drug-likeness (QED) is 0.324. The Morgan fingerprint density at radius 2 is 1.43 bits per heavy atom. The number of nitrogens with one attached hydrogen (secondary N) is 4. The molecule has 0 fully saturated rings. The smallest absolute Gasteiger partial charge is 0.243 e. The van der Waals surface area contributed by atoms with Crippen molar-refractivity contribution in [2.45, 2.75) is 51.2 Å². The molecule has 4 N–H and O–H groups in total. The molecule has 0 aromatic heterocycles. The largest absolute Gasteiger partial charge is 0.350 e. The van der Waals surface area contributed by atoms with Gasteiger partial charge in [0.25, 0.3) is 0 Å². The zero-order chi connectivity index (χ0) is 25.8. The van der Waals surface area contributed by atoms with Crippen LogP contribution in [0.2, 0.25) is 0 Å². The van der Waals surface area contributed by atoms with Gasteiger partial charge in [-0.1, -0.05) is 31.2 Å². The molecule has 8 nitrogen and oxygen atoms in total. The van der Waals surface area contributed by atoms with Crippen molar-refractivity contribution in [3.63, 3.8) is 0 Å². The number of rotatable bonds is 13. The zero-order valence-electron chi connectivity index (χ0n) is 19.3. The van der Waals surface area contributed by atoms with Gasteiger partial charge in [0.15, 0.2) is 5.78 Å². The van der Waals surface area contributed by atoms with Gasteiger partial charge in [0.2, 0.25) is 17.7 Å². The lowest BCUT2D eigenvalue weighted by molar-refractivity contribution is -0.132. The fourth-order valence-electron chi connectivity index (χ4n) is 3.18. The molecule has 0 heterocycles. The molecule has 3 amide bonds. The van der Waals surface area contributed by atoms with Crippen molar-refractivity contribution in [3.8, 4) is 0 Å². The van der Waals surface area contributed by atoms with Crippen molar-refractivity contribution in [1.29, 1.82) is 5.41 Å². The molecule has 2 aromatic rings. The van der Waals surface area contributed by atoms with Gasteiger partial charge in [0.1, 0.15) is 23.7 Å². The van der Waals surface area contributed by atoms with Crippen molar-refractivity contribution >= 4 is 29.7 Å². The molecule has 35 heavy (non-hydrogen) atoms. The highest BCUT2D eigenvalue weighted by Crippen LogP contribution is 2.08. The van der Waals surface area contributed by atoms with Gasteiger partial charge in [0.05, 0.1) is 6.21 Å². The van der Waals surface area contributed by atoms with Gasteiger partial charge in [-0.3, -0.25) is 19.2 Å². The Morgan fingerprint density at radius 3 is 1.97 bits per heavy atom. The second kappa shape index (κ2) is 13.7. The summed E-state index contributed by atoms with van der Waals surface area (Å²) >= 11 is 0. The Labute approximate surface area is 202 Å². The second-order valence-electron chi connectivity index (χ2n) is 7.86. The summed E-state index contributed by atoms with van der Waals surface area (Å²) in [6, 6.07) is 8.79. The van der Waals surface area contributed by atoms with E-state index in [9.17, 15) is 28.0 Å². The van der Waals surface area contributed by atoms with Gasteiger partial charge in [-0.15, -0.1) is 0 Å². The van der Waals surface area contributed by atoms with E-state index in [4.69, 9.17) is 5.41 Å². The molecule has 0 spiro atoms. The predicted molar refractivity (Wildman–Crippen MR) is 126 cm³/mol. The Bertz CT molecular complexity index is 1040. The molecule has 2 rings (SSSR count). The van der Waals surface area contributed by atoms with Crippen molar-refractivity contribution in [1.82, 2.24) is 16.0 Å². The first-order valence-corrected chi connectivity index (χ1v) is 11.1. The SMILES string of the molecule is CCC(=O)N[C@@H](Cc1ccc(F)cc1)C(=O)N[C@@H](CCC(=O)C=N)C(=O)NCc1ccc(F)cc1. The Kier molecular flexibility index (Phi) is 10.7. The lowest BCUT2D eigenvalue weighted by Gasteiger charge is -2.23. The molecule has 0 saturated carbocycles. The van der Waals surface area contributed by atoms with Crippen molar-refractivity contribution in [3.05, 3.63) is 71.3 Å². The standard InChI is InChI=1S/C25H28F2N4O4/c1-2-23(33)30-22(13-16-3-7-18(26)8-4-16)25(35)31-21(12-11-20(32)14-28)24(34)29-15-17-5-9-19(27)10-6-17/h3-10,14,21-22,28H,2,11-13,15H2,1H3,(H,29,34)(H,30,33)(H,31,35)/t21-,22-/m0/s1. The molecule has 2 aromatic carbocycles. The first-order chi connectivity index (χ1) is 16.7. The number of carbonyl (C=O) groups excluding carboxylic acids is 4. The summed E-state index contributed by atoms with van der Waals surface area (Å²) in [6.45, 7) is 1.69. The molecule has 0 aliphatic rings. The number of halogens is 2. The van der Waals surface area contributed by atoms with Crippen LogP contribution in [0.3, 0.4) is 0 Å². The molecular weight excluding hydrogens is 458 g/mol. The van der Waals surface area contributed by atoms with Crippen LogP contribution >= 0.6 is 0 Å². The molecule has 186 valence electrons. The third-order valence-electron chi connectivity index (χ3n) is 5.18. The normalized spacial score (nSPS) is 12.2. The van der Waals surface area contributed by atoms with E-state index < -0.39 is 41.3 Å². The van der Waals surface area contributed by atoms with E-state index in [2.05, 4.69) is 16.0 Å². The fourth-order valence-corrected chi connectivity index (χ4v) is 3.18. The van der Waals surface area contributed by atoms with E-state index in [1.54, 1.807) is 6.92 Å². The first-order valence-electron chi connectivity index (χ1n) is 11.1.